The van der Waals surface area contributed by atoms with Crippen molar-refractivity contribution in [3.05, 3.63) is 119 Å². The molecule has 1 N–H and O–H groups in total. The Morgan fingerprint density at radius 3 is 2.12 bits per heavy atom. The summed E-state index contributed by atoms with van der Waals surface area (Å²) in [7, 11) is 3.04. The molecule has 9 heteroatoms. The van der Waals surface area contributed by atoms with E-state index in [1.165, 1.54) is 43.3 Å². The maximum Gasteiger partial charge on any atom is 0.417 e. The zero-order chi connectivity index (χ0) is 29.6. The number of ether oxygens (including phenoxy) is 1. The number of benzene rings is 4. The van der Waals surface area contributed by atoms with Gasteiger partial charge in [-0.1, -0.05) is 66.7 Å². The summed E-state index contributed by atoms with van der Waals surface area (Å²) in [5, 5.41) is 2.53. The summed E-state index contributed by atoms with van der Waals surface area (Å²) in [6.45, 7) is 0. The summed E-state index contributed by atoms with van der Waals surface area (Å²) >= 11 is 0. The highest BCUT2D eigenvalue weighted by Crippen LogP contribution is 2.37. The van der Waals surface area contributed by atoms with Crippen molar-refractivity contribution in [2.24, 2.45) is 0 Å². The predicted octanol–water partition coefficient (Wildman–Crippen LogP) is 6.86. The van der Waals surface area contributed by atoms with Crippen molar-refractivity contribution in [3.8, 4) is 16.9 Å². The molecule has 6 nitrogen and oxygen atoms in total. The van der Waals surface area contributed by atoms with Crippen LogP contribution in [0.3, 0.4) is 0 Å². The van der Waals surface area contributed by atoms with E-state index in [1.807, 2.05) is 0 Å². The number of anilines is 1. The van der Waals surface area contributed by atoms with Crippen molar-refractivity contribution in [3.63, 3.8) is 0 Å². The van der Waals surface area contributed by atoms with E-state index in [0.29, 0.717) is 16.9 Å². The Morgan fingerprint density at radius 1 is 0.829 bits per heavy atom. The third-order valence-corrected chi connectivity index (χ3v) is 6.24. The van der Waals surface area contributed by atoms with Gasteiger partial charge in [0.25, 0.3) is 11.8 Å². The van der Waals surface area contributed by atoms with Gasteiger partial charge in [-0.05, 0) is 53.4 Å². The predicted molar refractivity (Wildman–Crippen MR) is 150 cm³/mol. The Hall–Kier alpha value is -4.92. The summed E-state index contributed by atoms with van der Waals surface area (Å²) in [4.78, 5) is 40.1. The van der Waals surface area contributed by atoms with Gasteiger partial charge in [-0.2, -0.15) is 13.2 Å². The first-order valence-corrected chi connectivity index (χ1v) is 12.7. The van der Waals surface area contributed by atoms with Crippen molar-refractivity contribution in [1.29, 1.82) is 0 Å². The normalized spacial score (nSPS) is 11.0. The molecule has 0 unspecified atom stereocenters. The Balaban J connectivity index is 1.64. The number of halogens is 3. The summed E-state index contributed by atoms with van der Waals surface area (Å²) in [5.74, 6) is -1.54. The number of carbonyl (C=O) groups excluding carboxylic acids is 3. The van der Waals surface area contributed by atoms with Gasteiger partial charge < -0.3 is 15.0 Å². The Kier molecular flexibility index (Phi) is 8.87. The standard InChI is InChI=1S/C32H27F3N2O4/c1-37(2)31(40)25-20-21(17-19-28(38)41-23-12-7-4-8-13-23)16-18-27(25)36-30(39)29-24(22-10-5-3-6-11-22)14-9-15-26(29)32(33,34)35/h3-16,18,20H,17,19H2,1-2H3,(H,36,39). The molecule has 0 saturated carbocycles. The molecule has 0 aromatic heterocycles. The van der Waals surface area contributed by atoms with Crippen molar-refractivity contribution in [2.45, 2.75) is 19.0 Å². The summed E-state index contributed by atoms with van der Waals surface area (Å²) in [5.41, 5.74) is -0.382. The molecule has 4 aromatic carbocycles. The van der Waals surface area contributed by atoms with E-state index >= 15 is 0 Å². The summed E-state index contributed by atoms with van der Waals surface area (Å²) < 4.78 is 47.4. The molecule has 0 fully saturated rings. The molecule has 4 rings (SSSR count). The molecular weight excluding hydrogens is 533 g/mol. The minimum atomic E-state index is -4.79. The second-order valence-electron chi connectivity index (χ2n) is 9.41. The Labute approximate surface area is 235 Å². The molecule has 210 valence electrons. The molecule has 0 radical (unpaired) electrons. The molecule has 41 heavy (non-hydrogen) atoms. The average Bonchev–Trinajstić information content (AvgIpc) is 2.96. The van der Waals surface area contributed by atoms with Gasteiger partial charge in [0.05, 0.1) is 22.4 Å². The molecule has 0 aliphatic heterocycles. The average molecular weight is 561 g/mol. The summed E-state index contributed by atoms with van der Waals surface area (Å²) in [6, 6.07) is 25.0. The maximum absolute atomic E-state index is 14.0. The van der Waals surface area contributed by atoms with E-state index in [0.717, 1.165) is 6.07 Å². The molecule has 0 atom stereocenters. The molecule has 0 saturated heterocycles. The molecule has 0 heterocycles. The van der Waals surface area contributed by atoms with Crippen molar-refractivity contribution < 1.29 is 32.3 Å². The number of rotatable bonds is 8. The second kappa shape index (κ2) is 12.5. The lowest BCUT2D eigenvalue weighted by molar-refractivity contribution is -0.138. The second-order valence-corrected chi connectivity index (χ2v) is 9.41. The van der Waals surface area contributed by atoms with Gasteiger partial charge in [0.2, 0.25) is 0 Å². The maximum atomic E-state index is 14.0. The van der Waals surface area contributed by atoms with Crippen LogP contribution in [-0.2, 0) is 17.4 Å². The van der Waals surface area contributed by atoms with Gasteiger partial charge in [-0.3, -0.25) is 14.4 Å². The van der Waals surface area contributed by atoms with Gasteiger partial charge in [-0.15, -0.1) is 0 Å². The van der Waals surface area contributed by atoms with Crippen LogP contribution in [0.4, 0.5) is 18.9 Å². The molecule has 2 amide bonds. The zero-order valence-corrected chi connectivity index (χ0v) is 22.4. The fraction of sp³-hybridized carbons (Fsp3) is 0.156. The number of nitrogens with zero attached hydrogens (tertiary/aromatic N) is 1. The van der Waals surface area contributed by atoms with E-state index in [1.54, 1.807) is 66.7 Å². The van der Waals surface area contributed by atoms with Crippen LogP contribution in [0.1, 0.15) is 38.3 Å². The monoisotopic (exact) mass is 560 g/mol. The van der Waals surface area contributed by atoms with E-state index in [-0.39, 0.29) is 29.7 Å². The molecule has 0 spiro atoms. The van der Waals surface area contributed by atoms with E-state index < -0.39 is 35.1 Å². The van der Waals surface area contributed by atoms with Crippen LogP contribution in [0.15, 0.2) is 97.1 Å². The minimum absolute atomic E-state index is 0.0234. The van der Waals surface area contributed by atoms with Gasteiger partial charge in [0, 0.05) is 20.5 Å². The highest BCUT2D eigenvalue weighted by atomic mass is 19.4. The SMILES string of the molecule is CN(C)C(=O)c1cc(CCC(=O)Oc2ccccc2)ccc1NC(=O)c1c(-c2ccccc2)cccc1C(F)(F)F. The third kappa shape index (κ3) is 7.19. The molecule has 0 aliphatic carbocycles. The minimum Gasteiger partial charge on any atom is -0.427 e. The van der Waals surface area contributed by atoms with Crippen molar-refractivity contribution >= 4 is 23.5 Å². The lowest BCUT2D eigenvalue weighted by Gasteiger charge is -2.19. The summed E-state index contributed by atoms with van der Waals surface area (Å²) in [6.07, 6.45) is -4.53. The number of nitrogens with one attached hydrogen (secondary N) is 1. The number of hydrogen-bond acceptors (Lipinski definition) is 4. The Bertz CT molecular complexity index is 1550. The van der Waals surface area contributed by atoms with Crippen LogP contribution in [0.25, 0.3) is 11.1 Å². The van der Waals surface area contributed by atoms with Gasteiger partial charge in [0.15, 0.2) is 0 Å². The lowest BCUT2D eigenvalue weighted by Crippen LogP contribution is -2.25. The molecule has 4 aromatic rings. The van der Waals surface area contributed by atoms with Crippen LogP contribution in [-0.4, -0.2) is 36.8 Å². The molecular formula is C32H27F3N2O4. The van der Waals surface area contributed by atoms with E-state index in [4.69, 9.17) is 4.74 Å². The molecule has 0 aliphatic rings. The number of aryl methyl sites for hydroxylation is 1. The zero-order valence-electron chi connectivity index (χ0n) is 22.4. The van der Waals surface area contributed by atoms with Gasteiger partial charge in [-0.25, -0.2) is 0 Å². The van der Waals surface area contributed by atoms with Crippen LogP contribution in [0, 0.1) is 0 Å². The van der Waals surface area contributed by atoms with Crippen LogP contribution in [0.2, 0.25) is 0 Å². The number of esters is 1. The highest BCUT2D eigenvalue weighted by molar-refractivity contribution is 6.12. The third-order valence-electron chi connectivity index (χ3n) is 6.24. The Morgan fingerprint density at radius 2 is 1.49 bits per heavy atom. The van der Waals surface area contributed by atoms with Crippen molar-refractivity contribution in [2.75, 3.05) is 19.4 Å². The smallest absolute Gasteiger partial charge is 0.417 e. The topological polar surface area (TPSA) is 75.7 Å². The number of alkyl halides is 3. The lowest BCUT2D eigenvalue weighted by atomic mass is 9.94. The van der Waals surface area contributed by atoms with Crippen LogP contribution in [0.5, 0.6) is 5.75 Å². The number of amides is 2. The van der Waals surface area contributed by atoms with Crippen molar-refractivity contribution in [1.82, 2.24) is 4.90 Å². The first-order valence-electron chi connectivity index (χ1n) is 12.7. The van der Waals surface area contributed by atoms with Crippen LogP contribution < -0.4 is 10.1 Å². The first kappa shape index (κ1) is 29.1. The quantitative estimate of drug-likeness (QED) is 0.189. The molecule has 0 bridgehead atoms. The first-order chi connectivity index (χ1) is 19.5. The van der Waals surface area contributed by atoms with E-state index in [9.17, 15) is 27.6 Å². The number of carbonyl (C=O) groups is 3. The number of hydrogen-bond donors (Lipinski definition) is 1. The van der Waals surface area contributed by atoms with Gasteiger partial charge in [0.1, 0.15) is 5.75 Å². The van der Waals surface area contributed by atoms with Gasteiger partial charge >= 0.3 is 12.1 Å². The number of para-hydroxylation sites is 1. The highest BCUT2D eigenvalue weighted by Gasteiger charge is 2.37. The van der Waals surface area contributed by atoms with Crippen LogP contribution >= 0.6 is 0 Å². The fourth-order valence-electron chi connectivity index (χ4n) is 4.27. The van der Waals surface area contributed by atoms with E-state index in [2.05, 4.69) is 5.32 Å². The largest absolute Gasteiger partial charge is 0.427 e. The fourth-order valence-corrected chi connectivity index (χ4v) is 4.27.